The van der Waals surface area contributed by atoms with Crippen molar-refractivity contribution < 1.29 is 14.3 Å². The van der Waals surface area contributed by atoms with Crippen LogP contribution in [0.15, 0.2) is 42.5 Å². The van der Waals surface area contributed by atoms with E-state index in [1.807, 2.05) is 31.2 Å². The monoisotopic (exact) mass is 310 g/mol. The van der Waals surface area contributed by atoms with Crippen molar-refractivity contribution in [1.82, 2.24) is 0 Å². The molecule has 118 valence electrons. The van der Waals surface area contributed by atoms with Gasteiger partial charge in [-0.15, -0.1) is 0 Å². The number of carbonyl (C=O) groups excluding carboxylic acids is 2. The lowest BCUT2D eigenvalue weighted by atomic mass is 10.1. The molecule has 0 radical (unpaired) electrons. The normalized spacial score (nSPS) is 13.3. The number of anilines is 2. The van der Waals surface area contributed by atoms with Crippen LogP contribution in [0.5, 0.6) is 5.75 Å². The van der Waals surface area contributed by atoms with E-state index in [1.165, 1.54) is 6.92 Å². The predicted molar refractivity (Wildman–Crippen MR) is 88.6 cm³/mol. The average Bonchev–Trinajstić information content (AvgIpc) is 2.51. The molecule has 23 heavy (non-hydrogen) atoms. The van der Waals surface area contributed by atoms with Crippen molar-refractivity contribution in [2.24, 2.45) is 0 Å². The van der Waals surface area contributed by atoms with Crippen LogP contribution in [0.2, 0.25) is 0 Å². The van der Waals surface area contributed by atoms with Gasteiger partial charge in [0.25, 0.3) is 5.91 Å². The molecule has 0 saturated carbocycles. The number of fused-ring (bicyclic) bond motifs is 1. The lowest BCUT2D eigenvalue weighted by molar-refractivity contribution is -0.121. The molecule has 0 aromatic heterocycles. The van der Waals surface area contributed by atoms with Crippen LogP contribution in [0, 0.1) is 6.92 Å². The summed E-state index contributed by atoms with van der Waals surface area (Å²) in [5, 5.41) is 2.73. The van der Waals surface area contributed by atoms with Crippen molar-refractivity contribution in [1.29, 1.82) is 0 Å². The average molecular weight is 310 g/mol. The fourth-order valence-corrected chi connectivity index (χ4v) is 2.61. The van der Waals surface area contributed by atoms with E-state index in [9.17, 15) is 9.59 Å². The van der Waals surface area contributed by atoms with Gasteiger partial charge in [-0.05, 0) is 36.2 Å². The van der Waals surface area contributed by atoms with Crippen molar-refractivity contribution in [2.75, 3.05) is 16.8 Å². The molecular formula is C18H18N2O3. The van der Waals surface area contributed by atoms with Gasteiger partial charge in [0.2, 0.25) is 5.91 Å². The topological polar surface area (TPSA) is 58.6 Å². The molecule has 2 aromatic carbocycles. The summed E-state index contributed by atoms with van der Waals surface area (Å²) in [5.41, 5.74) is 3.53. The first-order valence-electron chi connectivity index (χ1n) is 7.44. The van der Waals surface area contributed by atoms with E-state index in [1.54, 1.807) is 23.1 Å². The second-order valence-corrected chi connectivity index (χ2v) is 5.56. The Morgan fingerprint density at radius 2 is 2.04 bits per heavy atom. The van der Waals surface area contributed by atoms with Crippen LogP contribution in [0.25, 0.3) is 0 Å². The van der Waals surface area contributed by atoms with Crippen LogP contribution in [0.4, 0.5) is 11.4 Å². The number of amides is 2. The Morgan fingerprint density at radius 1 is 1.26 bits per heavy atom. The highest BCUT2D eigenvalue weighted by Gasteiger charge is 2.26. The minimum Gasteiger partial charge on any atom is -0.482 e. The van der Waals surface area contributed by atoms with E-state index >= 15 is 0 Å². The standard InChI is InChI=1S/C18H18N2O3/c1-12-5-3-4-6-14(12)10-20-16-9-15(19-13(2)21)7-8-17(16)23-11-18(20)22/h3-9H,10-11H2,1-2H3,(H,19,21). The first kappa shape index (κ1) is 15.1. The molecule has 1 heterocycles. The maximum atomic E-state index is 12.3. The van der Waals surface area contributed by atoms with E-state index in [2.05, 4.69) is 5.32 Å². The zero-order valence-corrected chi connectivity index (χ0v) is 13.1. The van der Waals surface area contributed by atoms with Crippen LogP contribution in [-0.2, 0) is 16.1 Å². The highest BCUT2D eigenvalue weighted by atomic mass is 16.5. The third-order valence-corrected chi connectivity index (χ3v) is 3.81. The predicted octanol–water partition coefficient (Wildman–Crippen LogP) is 2.88. The summed E-state index contributed by atoms with van der Waals surface area (Å²) in [6.45, 7) is 3.98. The minimum atomic E-state index is -0.154. The number of carbonyl (C=O) groups is 2. The smallest absolute Gasteiger partial charge is 0.265 e. The van der Waals surface area contributed by atoms with Crippen molar-refractivity contribution in [3.8, 4) is 5.75 Å². The number of hydrogen-bond donors (Lipinski definition) is 1. The Labute approximate surface area is 134 Å². The highest BCUT2D eigenvalue weighted by molar-refractivity contribution is 5.99. The quantitative estimate of drug-likeness (QED) is 0.948. The van der Waals surface area contributed by atoms with Crippen LogP contribution >= 0.6 is 0 Å². The molecule has 0 saturated heterocycles. The molecule has 5 heteroatoms. The van der Waals surface area contributed by atoms with Crippen molar-refractivity contribution >= 4 is 23.2 Å². The fraction of sp³-hybridized carbons (Fsp3) is 0.222. The summed E-state index contributed by atoms with van der Waals surface area (Å²) in [4.78, 5) is 25.3. The molecule has 0 aliphatic carbocycles. The summed E-state index contributed by atoms with van der Waals surface area (Å²) in [6.07, 6.45) is 0. The number of nitrogens with one attached hydrogen (secondary N) is 1. The van der Waals surface area contributed by atoms with E-state index in [-0.39, 0.29) is 18.4 Å². The zero-order valence-electron chi connectivity index (χ0n) is 13.1. The fourth-order valence-electron chi connectivity index (χ4n) is 2.61. The molecule has 1 aliphatic rings. The number of hydrogen-bond acceptors (Lipinski definition) is 3. The second-order valence-electron chi connectivity index (χ2n) is 5.56. The molecular weight excluding hydrogens is 292 g/mol. The van der Waals surface area contributed by atoms with Crippen LogP contribution in [-0.4, -0.2) is 18.4 Å². The Morgan fingerprint density at radius 3 is 2.78 bits per heavy atom. The maximum Gasteiger partial charge on any atom is 0.265 e. The number of benzene rings is 2. The zero-order chi connectivity index (χ0) is 16.4. The lowest BCUT2D eigenvalue weighted by Crippen LogP contribution is -2.38. The van der Waals surface area contributed by atoms with Gasteiger partial charge in [-0.25, -0.2) is 0 Å². The minimum absolute atomic E-state index is 0.0262. The van der Waals surface area contributed by atoms with Gasteiger partial charge in [0.05, 0.1) is 12.2 Å². The Hall–Kier alpha value is -2.82. The van der Waals surface area contributed by atoms with Gasteiger partial charge in [0, 0.05) is 12.6 Å². The molecule has 0 fully saturated rings. The van der Waals surface area contributed by atoms with Crippen LogP contribution in [0.1, 0.15) is 18.1 Å². The Balaban J connectivity index is 1.96. The summed E-state index contributed by atoms with van der Waals surface area (Å²) < 4.78 is 5.49. The molecule has 3 rings (SSSR count). The molecule has 2 aromatic rings. The Bertz CT molecular complexity index is 771. The van der Waals surface area contributed by atoms with Gasteiger partial charge in [0.15, 0.2) is 6.61 Å². The van der Waals surface area contributed by atoms with E-state index in [4.69, 9.17) is 4.74 Å². The summed E-state index contributed by atoms with van der Waals surface area (Å²) in [5.74, 6) is 0.395. The molecule has 5 nitrogen and oxygen atoms in total. The molecule has 0 unspecified atom stereocenters. The van der Waals surface area contributed by atoms with Crippen molar-refractivity contribution in [3.63, 3.8) is 0 Å². The lowest BCUT2D eigenvalue weighted by Gasteiger charge is -2.30. The number of rotatable bonds is 3. The number of nitrogens with zero attached hydrogens (tertiary/aromatic N) is 1. The summed E-state index contributed by atoms with van der Waals surface area (Å²) in [6, 6.07) is 13.3. The third-order valence-electron chi connectivity index (χ3n) is 3.81. The molecule has 0 spiro atoms. The van der Waals surface area contributed by atoms with E-state index in [0.717, 1.165) is 11.1 Å². The summed E-state index contributed by atoms with van der Waals surface area (Å²) >= 11 is 0. The van der Waals surface area contributed by atoms with E-state index in [0.29, 0.717) is 23.7 Å². The highest BCUT2D eigenvalue weighted by Crippen LogP contribution is 2.35. The maximum absolute atomic E-state index is 12.3. The van der Waals surface area contributed by atoms with Crippen LogP contribution in [0.3, 0.4) is 0 Å². The largest absolute Gasteiger partial charge is 0.482 e. The van der Waals surface area contributed by atoms with E-state index < -0.39 is 0 Å². The molecule has 1 aliphatic heterocycles. The second kappa shape index (κ2) is 6.12. The van der Waals surface area contributed by atoms with Crippen molar-refractivity contribution in [2.45, 2.75) is 20.4 Å². The Kier molecular flexibility index (Phi) is 4.02. The third kappa shape index (κ3) is 3.18. The first-order valence-corrected chi connectivity index (χ1v) is 7.44. The van der Waals surface area contributed by atoms with Gasteiger partial charge >= 0.3 is 0 Å². The van der Waals surface area contributed by atoms with Gasteiger partial charge in [0.1, 0.15) is 5.75 Å². The number of ether oxygens (including phenoxy) is 1. The summed E-state index contributed by atoms with van der Waals surface area (Å²) in [7, 11) is 0. The first-order chi connectivity index (χ1) is 11.0. The SMILES string of the molecule is CC(=O)Nc1ccc2c(c1)N(Cc1ccccc1C)C(=O)CO2. The van der Waals surface area contributed by atoms with Crippen molar-refractivity contribution in [3.05, 3.63) is 53.6 Å². The van der Waals surface area contributed by atoms with Gasteiger partial charge in [-0.2, -0.15) is 0 Å². The molecule has 0 atom stereocenters. The number of aryl methyl sites for hydroxylation is 1. The van der Waals surface area contributed by atoms with Gasteiger partial charge < -0.3 is 15.0 Å². The van der Waals surface area contributed by atoms with Gasteiger partial charge in [-0.3, -0.25) is 9.59 Å². The molecule has 2 amide bonds. The van der Waals surface area contributed by atoms with Crippen LogP contribution < -0.4 is 15.0 Å². The molecule has 1 N–H and O–H groups in total. The molecule has 0 bridgehead atoms. The van der Waals surface area contributed by atoms with Gasteiger partial charge in [-0.1, -0.05) is 24.3 Å².